The Kier molecular flexibility index (Phi) is 5.49. The summed E-state index contributed by atoms with van der Waals surface area (Å²) < 4.78 is 26.2. The van der Waals surface area contributed by atoms with Crippen molar-refractivity contribution < 1.29 is 8.78 Å². The van der Waals surface area contributed by atoms with Crippen LogP contribution in [0.15, 0.2) is 18.2 Å². The highest BCUT2D eigenvalue weighted by Gasteiger charge is 2.27. The molecule has 0 amide bonds. The van der Waals surface area contributed by atoms with Crippen LogP contribution in [0, 0.1) is 23.5 Å². The van der Waals surface area contributed by atoms with Crippen LogP contribution in [0.1, 0.15) is 44.6 Å². The zero-order valence-electron chi connectivity index (χ0n) is 12.0. The van der Waals surface area contributed by atoms with Crippen LogP contribution < -0.4 is 11.3 Å². The molecule has 1 aliphatic carbocycles. The number of nitrogens with two attached hydrogens (primary N) is 1. The Morgan fingerprint density at radius 1 is 1.30 bits per heavy atom. The average Bonchev–Trinajstić information content (AvgIpc) is 2.48. The predicted molar refractivity (Wildman–Crippen MR) is 76.9 cm³/mol. The fourth-order valence-corrected chi connectivity index (χ4v) is 3.35. The second-order valence-corrected chi connectivity index (χ2v) is 5.93. The fourth-order valence-electron chi connectivity index (χ4n) is 3.35. The molecule has 1 fully saturated rings. The first-order valence-corrected chi connectivity index (χ1v) is 7.54. The average molecular weight is 282 g/mol. The second kappa shape index (κ2) is 7.14. The van der Waals surface area contributed by atoms with Crippen LogP contribution in [-0.2, 0) is 6.42 Å². The summed E-state index contributed by atoms with van der Waals surface area (Å²) in [6.07, 6.45) is 6.73. The third-order valence-corrected chi connectivity index (χ3v) is 4.62. The molecule has 3 N–H and O–H groups in total. The predicted octanol–water partition coefficient (Wildman–Crippen LogP) is 3.56. The number of hydrogen-bond donors (Lipinski definition) is 2. The van der Waals surface area contributed by atoms with Crippen molar-refractivity contribution in [3.05, 3.63) is 35.4 Å². The molecule has 20 heavy (non-hydrogen) atoms. The van der Waals surface area contributed by atoms with Crippen LogP contribution in [0.2, 0.25) is 0 Å². The third kappa shape index (κ3) is 3.76. The maximum Gasteiger partial charge on any atom is 0.159 e. The van der Waals surface area contributed by atoms with Gasteiger partial charge in [0.05, 0.1) is 0 Å². The third-order valence-electron chi connectivity index (χ3n) is 4.62. The molecule has 1 aromatic carbocycles. The summed E-state index contributed by atoms with van der Waals surface area (Å²) >= 11 is 0. The van der Waals surface area contributed by atoms with Gasteiger partial charge in [-0.05, 0) is 48.8 Å². The van der Waals surface area contributed by atoms with Gasteiger partial charge in [-0.3, -0.25) is 11.3 Å². The summed E-state index contributed by atoms with van der Waals surface area (Å²) in [6.45, 7) is 2.23. The minimum absolute atomic E-state index is 0.134. The lowest BCUT2D eigenvalue weighted by molar-refractivity contribution is 0.208. The van der Waals surface area contributed by atoms with Gasteiger partial charge in [0.15, 0.2) is 11.6 Å². The second-order valence-electron chi connectivity index (χ2n) is 5.93. The number of halogens is 2. The van der Waals surface area contributed by atoms with Crippen molar-refractivity contribution in [3.8, 4) is 0 Å². The lowest BCUT2D eigenvalue weighted by Gasteiger charge is -2.34. The molecular weight excluding hydrogens is 258 g/mol. The van der Waals surface area contributed by atoms with Gasteiger partial charge in [-0.1, -0.05) is 32.3 Å². The van der Waals surface area contributed by atoms with Crippen molar-refractivity contribution in [1.29, 1.82) is 0 Å². The van der Waals surface area contributed by atoms with E-state index in [-0.39, 0.29) is 6.04 Å². The van der Waals surface area contributed by atoms with Crippen molar-refractivity contribution in [2.75, 3.05) is 0 Å². The van der Waals surface area contributed by atoms with Gasteiger partial charge in [0.2, 0.25) is 0 Å². The first-order valence-electron chi connectivity index (χ1n) is 7.54. The number of nitrogens with one attached hydrogen (secondary N) is 1. The summed E-state index contributed by atoms with van der Waals surface area (Å²) in [5.74, 6) is 5.40. The van der Waals surface area contributed by atoms with Gasteiger partial charge >= 0.3 is 0 Å². The van der Waals surface area contributed by atoms with Crippen molar-refractivity contribution in [2.24, 2.45) is 17.7 Å². The highest BCUT2D eigenvalue weighted by atomic mass is 19.2. The summed E-state index contributed by atoms with van der Waals surface area (Å²) in [5.41, 5.74) is 3.68. The summed E-state index contributed by atoms with van der Waals surface area (Å²) in [7, 11) is 0. The number of hydrogen-bond acceptors (Lipinski definition) is 2. The van der Waals surface area contributed by atoms with E-state index in [0.29, 0.717) is 12.3 Å². The molecule has 0 bridgehead atoms. The molecule has 112 valence electrons. The molecule has 3 unspecified atom stereocenters. The molecule has 0 aliphatic heterocycles. The topological polar surface area (TPSA) is 38.0 Å². The summed E-state index contributed by atoms with van der Waals surface area (Å²) in [4.78, 5) is 0. The highest BCUT2D eigenvalue weighted by molar-refractivity contribution is 5.19. The van der Waals surface area contributed by atoms with Gasteiger partial charge in [0.25, 0.3) is 0 Å². The van der Waals surface area contributed by atoms with Crippen molar-refractivity contribution in [1.82, 2.24) is 5.43 Å². The maximum absolute atomic E-state index is 13.3. The van der Waals surface area contributed by atoms with Crippen LogP contribution in [0.3, 0.4) is 0 Å². The van der Waals surface area contributed by atoms with E-state index >= 15 is 0 Å². The van der Waals surface area contributed by atoms with E-state index in [0.717, 1.165) is 17.9 Å². The molecule has 0 saturated heterocycles. The summed E-state index contributed by atoms with van der Waals surface area (Å²) in [6, 6.07) is 4.24. The first kappa shape index (κ1) is 15.4. The van der Waals surface area contributed by atoms with Crippen molar-refractivity contribution in [2.45, 2.75) is 51.5 Å². The van der Waals surface area contributed by atoms with Crippen LogP contribution >= 0.6 is 0 Å². The van der Waals surface area contributed by atoms with Crippen LogP contribution in [0.4, 0.5) is 8.78 Å². The van der Waals surface area contributed by atoms with Gasteiger partial charge in [-0.15, -0.1) is 0 Å². The zero-order chi connectivity index (χ0) is 14.5. The molecule has 0 aromatic heterocycles. The van der Waals surface area contributed by atoms with Crippen LogP contribution in [0.25, 0.3) is 0 Å². The van der Waals surface area contributed by atoms with E-state index in [1.165, 1.54) is 37.8 Å². The monoisotopic (exact) mass is 282 g/mol. The molecular formula is C16H24F2N2. The minimum atomic E-state index is -0.797. The quantitative estimate of drug-likeness (QED) is 0.640. The van der Waals surface area contributed by atoms with E-state index in [1.807, 2.05) is 0 Å². The van der Waals surface area contributed by atoms with Crippen LogP contribution in [-0.4, -0.2) is 6.04 Å². The van der Waals surface area contributed by atoms with E-state index < -0.39 is 11.6 Å². The Bertz CT molecular complexity index is 436. The lowest BCUT2D eigenvalue weighted by Crippen LogP contribution is -2.44. The number of rotatable bonds is 5. The largest absolute Gasteiger partial charge is 0.271 e. The van der Waals surface area contributed by atoms with Gasteiger partial charge in [0.1, 0.15) is 0 Å². The Balaban J connectivity index is 2.02. The molecule has 0 heterocycles. The van der Waals surface area contributed by atoms with Crippen molar-refractivity contribution in [3.63, 3.8) is 0 Å². The Morgan fingerprint density at radius 2 is 2.10 bits per heavy atom. The Hall–Kier alpha value is -1.00. The van der Waals surface area contributed by atoms with Gasteiger partial charge in [-0.25, -0.2) is 8.78 Å². The van der Waals surface area contributed by atoms with E-state index in [1.54, 1.807) is 6.07 Å². The van der Waals surface area contributed by atoms with Crippen molar-refractivity contribution >= 4 is 0 Å². The number of hydrazine groups is 1. The van der Waals surface area contributed by atoms with Gasteiger partial charge < -0.3 is 0 Å². The molecule has 4 heteroatoms. The molecule has 3 atom stereocenters. The smallest absolute Gasteiger partial charge is 0.159 e. The van der Waals surface area contributed by atoms with E-state index in [2.05, 4.69) is 12.3 Å². The van der Waals surface area contributed by atoms with E-state index in [4.69, 9.17) is 5.84 Å². The number of benzene rings is 1. The van der Waals surface area contributed by atoms with Crippen LogP contribution in [0.5, 0.6) is 0 Å². The van der Waals surface area contributed by atoms with Gasteiger partial charge in [-0.2, -0.15) is 0 Å². The maximum atomic E-state index is 13.3. The van der Waals surface area contributed by atoms with E-state index in [9.17, 15) is 8.78 Å². The fraction of sp³-hybridized carbons (Fsp3) is 0.625. The standard InChI is InChI=1S/C16H24F2N2/c1-2-11-4-3-5-13(8-11)16(20-19)10-12-6-7-14(17)15(18)9-12/h6-7,9,11,13,16,20H,2-5,8,10,19H2,1H3. The molecule has 1 saturated carbocycles. The molecule has 2 nitrogen and oxygen atoms in total. The summed E-state index contributed by atoms with van der Waals surface area (Å²) in [5, 5.41) is 0. The SMILES string of the molecule is CCC1CCCC(C(Cc2ccc(F)c(F)c2)NN)C1. The lowest BCUT2D eigenvalue weighted by atomic mass is 9.75. The molecule has 0 radical (unpaired) electrons. The molecule has 0 spiro atoms. The molecule has 1 aromatic rings. The highest BCUT2D eigenvalue weighted by Crippen LogP contribution is 2.33. The minimum Gasteiger partial charge on any atom is -0.271 e. The molecule has 1 aliphatic rings. The Labute approximate surface area is 119 Å². The zero-order valence-corrected chi connectivity index (χ0v) is 12.0. The normalized spacial score (nSPS) is 24.6. The first-order chi connectivity index (χ1) is 9.63. The van der Waals surface area contributed by atoms with Gasteiger partial charge in [0, 0.05) is 6.04 Å². The molecule has 2 rings (SSSR count). The Morgan fingerprint density at radius 3 is 2.75 bits per heavy atom.